The molecular weight excluding hydrogens is 228 g/mol. The van der Waals surface area contributed by atoms with Gasteiger partial charge in [0.2, 0.25) is 5.91 Å². The van der Waals surface area contributed by atoms with Crippen molar-refractivity contribution >= 4 is 5.91 Å². The highest BCUT2D eigenvalue weighted by Gasteiger charge is 2.08. The maximum Gasteiger partial charge on any atom is 0.224 e. The lowest BCUT2D eigenvalue weighted by Gasteiger charge is -2.14. The summed E-state index contributed by atoms with van der Waals surface area (Å²) >= 11 is 0. The number of phenolic OH excluding ortho intramolecular Hbond substituents is 1. The molecule has 0 heterocycles. The molecule has 0 aliphatic rings. The van der Waals surface area contributed by atoms with Gasteiger partial charge >= 0.3 is 0 Å². The average Bonchev–Trinajstić information content (AvgIpc) is 2.34. The molecule has 4 heteroatoms. The molecule has 0 aromatic heterocycles. The summed E-state index contributed by atoms with van der Waals surface area (Å²) in [5.74, 6) is 0.620. The van der Waals surface area contributed by atoms with E-state index in [0.717, 1.165) is 18.4 Å². The van der Waals surface area contributed by atoms with E-state index in [1.54, 1.807) is 18.2 Å². The van der Waals surface area contributed by atoms with Crippen molar-refractivity contribution in [2.75, 3.05) is 13.1 Å². The number of hydrogen-bond acceptors (Lipinski definition) is 3. The fraction of sp³-hybridized carbons (Fsp3) is 0.500. The fourth-order valence-corrected chi connectivity index (χ4v) is 1.86. The Hall–Kier alpha value is -1.55. The molecule has 4 N–H and O–H groups in total. The lowest BCUT2D eigenvalue weighted by Crippen LogP contribution is -2.31. The van der Waals surface area contributed by atoms with E-state index in [2.05, 4.69) is 12.2 Å². The van der Waals surface area contributed by atoms with Crippen LogP contribution in [-0.4, -0.2) is 24.1 Å². The van der Waals surface area contributed by atoms with Gasteiger partial charge in [0.25, 0.3) is 0 Å². The maximum absolute atomic E-state index is 11.7. The summed E-state index contributed by atoms with van der Waals surface area (Å²) in [6.45, 7) is 3.42. The van der Waals surface area contributed by atoms with Crippen molar-refractivity contribution in [3.05, 3.63) is 29.8 Å². The molecule has 1 atom stereocenters. The molecule has 18 heavy (non-hydrogen) atoms. The topological polar surface area (TPSA) is 75.3 Å². The van der Waals surface area contributed by atoms with Crippen molar-refractivity contribution in [2.45, 2.75) is 26.2 Å². The van der Waals surface area contributed by atoms with Gasteiger partial charge in [-0.05, 0) is 36.6 Å². The Morgan fingerprint density at radius 3 is 2.89 bits per heavy atom. The first-order valence-corrected chi connectivity index (χ1v) is 6.40. The predicted octanol–water partition coefficient (Wildman–Crippen LogP) is 1.43. The molecular formula is C14H22N2O2. The molecule has 1 rings (SSSR count). The molecule has 0 saturated heterocycles. The summed E-state index contributed by atoms with van der Waals surface area (Å²) in [7, 11) is 0. The molecule has 1 amide bonds. The highest BCUT2D eigenvalue weighted by atomic mass is 16.3. The Labute approximate surface area is 108 Å². The molecule has 4 nitrogen and oxygen atoms in total. The van der Waals surface area contributed by atoms with Crippen molar-refractivity contribution in [2.24, 2.45) is 11.7 Å². The van der Waals surface area contributed by atoms with Crippen LogP contribution in [0.3, 0.4) is 0 Å². The van der Waals surface area contributed by atoms with E-state index in [1.807, 2.05) is 6.07 Å². The summed E-state index contributed by atoms with van der Waals surface area (Å²) in [5.41, 5.74) is 6.33. The Bertz CT molecular complexity index is 380. The molecule has 1 unspecified atom stereocenters. The standard InChI is InChI=1S/C14H22N2O2/c1-2-11(6-7-15)10-16-14(18)9-12-4-3-5-13(17)8-12/h3-5,8,11,17H,2,6-7,9-10,15H2,1H3,(H,16,18). The lowest BCUT2D eigenvalue weighted by atomic mass is 10.0. The van der Waals surface area contributed by atoms with Gasteiger partial charge in [-0.15, -0.1) is 0 Å². The molecule has 1 aromatic rings. The summed E-state index contributed by atoms with van der Waals surface area (Å²) in [5, 5.41) is 12.2. The lowest BCUT2D eigenvalue weighted by molar-refractivity contribution is -0.120. The van der Waals surface area contributed by atoms with Crippen molar-refractivity contribution in [3.8, 4) is 5.75 Å². The van der Waals surface area contributed by atoms with Crippen LogP contribution in [-0.2, 0) is 11.2 Å². The first-order valence-electron chi connectivity index (χ1n) is 6.40. The van der Waals surface area contributed by atoms with Crippen molar-refractivity contribution in [1.82, 2.24) is 5.32 Å². The minimum atomic E-state index is -0.0175. The van der Waals surface area contributed by atoms with Gasteiger partial charge in [0.1, 0.15) is 5.75 Å². The van der Waals surface area contributed by atoms with Crippen LogP contribution in [0.15, 0.2) is 24.3 Å². The van der Waals surface area contributed by atoms with E-state index in [9.17, 15) is 9.90 Å². The minimum absolute atomic E-state index is 0.0175. The Balaban J connectivity index is 2.37. The van der Waals surface area contributed by atoms with Gasteiger partial charge in [0, 0.05) is 6.54 Å². The van der Waals surface area contributed by atoms with Crippen LogP contribution in [0, 0.1) is 5.92 Å². The van der Waals surface area contributed by atoms with Crippen LogP contribution in [0.2, 0.25) is 0 Å². The number of benzene rings is 1. The number of nitrogens with one attached hydrogen (secondary N) is 1. The second-order valence-electron chi connectivity index (χ2n) is 4.50. The SMILES string of the molecule is CCC(CCN)CNC(=O)Cc1cccc(O)c1. The highest BCUT2D eigenvalue weighted by molar-refractivity contribution is 5.78. The number of rotatable bonds is 7. The quantitative estimate of drug-likeness (QED) is 0.685. The Morgan fingerprint density at radius 2 is 2.28 bits per heavy atom. The number of carbonyl (C=O) groups excluding carboxylic acids is 1. The van der Waals surface area contributed by atoms with E-state index in [0.29, 0.717) is 25.4 Å². The van der Waals surface area contributed by atoms with Crippen LogP contribution in [0.5, 0.6) is 5.75 Å². The highest BCUT2D eigenvalue weighted by Crippen LogP contribution is 2.11. The fourth-order valence-electron chi connectivity index (χ4n) is 1.86. The smallest absolute Gasteiger partial charge is 0.224 e. The monoisotopic (exact) mass is 250 g/mol. The molecule has 0 radical (unpaired) electrons. The van der Waals surface area contributed by atoms with E-state index in [4.69, 9.17) is 5.73 Å². The Morgan fingerprint density at radius 1 is 1.50 bits per heavy atom. The van der Waals surface area contributed by atoms with E-state index in [-0.39, 0.29) is 11.7 Å². The molecule has 1 aromatic carbocycles. The van der Waals surface area contributed by atoms with Crippen LogP contribution in [0.25, 0.3) is 0 Å². The number of amides is 1. The zero-order valence-corrected chi connectivity index (χ0v) is 10.9. The molecule has 0 fully saturated rings. The van der Waals surface area contributed by atoms with Gasteiger partial charge in [0.05, 0.1) is 6.42 Å². The third-order valence-corrected chi connectivity index (χ3v) is 3.02. The third kappa shape index (κ3) is 5.19. The van der Waals surface area contributed by atoms with Gasteiger partial charge in [-0.2, -0.15) is 0 Å². The molecule has 0 bridgehead atoms. The molecule has 100 valence electrons. The number of carbonyl (C=O) groups is 1. The van der Waals surface area contributed by atoms with Gasteiger partial charge in [-0.25, -0.2) is 0 Å². The minimum Gasteiger partial charge on any atom is -0.508 e. The van der Waals surface area contributed by atoms with Crippen molar-refractivity contribution in [1.29, 1.82) is 0 Å². The molecule has 0 spiro atoms. The molecule has 0 aliphatic carbocycles. The number of phenols is 1. The second kappa shape index (κ2) is 7.71. The van der Waals surface area contributed by atoms with E-state index >= 15 is 0 Å². The number of hydrogen-bond donors (Lipinski definition) is 3. The molecule has 0 aliphatic heterocycles. The number of nitrogens with two attached hydrogens (primary N) is 1. The van der Waals surface area contributed by atoms with Gasteiger partial charge in [0.15, 0.2) is 0 Å². The van der Waals surface area contributed by atoms with Crippen molar-refractivity contribution < 1.29 is 9.90 Å². The van der Waals surface area contributed by atoms with Crippen LogP contribution < -0.4 is 11.1 Å². The summed E-state index contributed by atoms with van der Waals surface area (Å²) in [6.07, 6.45) is 2.25. The van der Waals surface area contributed by atoms with Gasteiger partial charge in [-0.1, -0.05) is 25.5 Å². The first kappa shape index (κ1) is 14.5. The summed E-state index contributed by atoms with van der Waals surface area (Å²) in [4.78, 5) is 11.7. The van der Waals surface area contributed by atoms with Gasteiger partial charge in [-0.3, -0.25) is 4.79 Å². The summed E-state index contributed by atoms with van der Waals surface area (Å²) < 4.78 is 0. The van der Waals surface area contributed by atoms with Crippen LogP contribution in [0.4, 0.5) is 0 Å². The largest absolute Gasteiger partial charge is 0.508 e. The first-order chi connectivity index (χ1) is 8.65. The third-order valence-electron chi connectivity index (χ3n) is 3.02. The molecule has 0 saturated carbocycles. The van der Waals surface area contributed by atoms with Crippen molar-refractivity contribution in [3.63, 3.8) is 0 Å². The zero-order chi connectivity index (χ0) is 13.4. The maximum atomic E-state index is 11.7. The van der Waals surface area contributed by atoms with Crippen LogP contribution >= 0.6 is 0 Å². The second-order valence-corrected chi connectivity index (χ2v) is 4.50. The normalized spacial score (nSPS) is 12.1. The van der Waals surface area contributed by atoms with Crippen LogP contribution in [0.1, 0.15) is 25.3 Å². The summed E-state index contributed by atoms with van der Waals surface area (Å²) in [6, 6.07) is 6.77. The predicted molar refractivity (Wildman–Crippen MR) is 72.3 cm³/mol. The number of aromatic hydroxyl groups is 1. The van der Waals surface area contributed by atoms with E-state index in [1.165, 1.54) is 0 Å². The van der Waals surface area contributed by atoms with Gasteiger partial charge < -0.3 is 16.2 Å². The average molecular weight is 250 g/mol. The van der Waals surface area contributed by atoms with E-state index < -0.39 is 0 Å². The zero-order valence-electron chi connectivity index (χ0n) is 10.9. The Kier molecular flexibility index (Phi) is 6.22.